The molecule has 0 radical (unpaired) electrons. The fourth-order valence-corrected chi connectivity index (χ4v) is 5.45. The first-order valence-electron chi connectivity index (χ1n) is 13.4. The van der Waals surface area contributed by atoms with E-state index in [4.69, 9.17) is 4.99 Å². The SMILES string of the molecule is C=CCCN1CC2CN(/C(=N/c3c(C)ccnc3C(C)C)c3cc(F)c(/C(C(=C)O)=C(/C)F)nc3NC=O)C2C1. The first kappa shape index (κ1) is 29.1. The van der Waals surface area contributed by atoms with Gasteiger partial charge in [-0.1, -0.05) is 26.5 Å². The minimum atomic E-state index is -0.885. The lowest BCUT2D eigenvalue weighted by Crippen LogP contribution is -2.58. The summed E-state index contributed by atoms with van der Waals surface area (Å²) in [6.07, 6.45) is 4.95. The molecule has 2 aliphatic rings. The fraction of sp³-hybridized carbons (Fsp3) is 0.400. The molecule has 4 rings (SSSR count). The summed E-state index contributed by atoms with van der Waals surface area (Å²) >= 11 is 0. The number of aromatic nitrogens is 2. The number of aliphatic hydroxyl groups is 1. The highest BCUT2D eigenvalue weighted by molar-refractivity contribution is 6.06. The Morgan fingerprint density at radius 1 is 1.35 bits per heavy atom. The molecule has 2 aliphatic heterocycles. The molecule has 0 aliphatic carbocycles. The number of amidine groups is 1. The number of carbonyl (C=O) groups is 1. The number of amides is 1. The third-order valence-electron chi connectivity index (χ3n) is 7.44. The summed E-state index contributed by atoms with van der Waals surface area (Å²) in [5.41, 5.74) is 1.67. The normalized spacial score (nSPS) is 19.7. The number of likely N-dealkylation sites (tertiary alicyclic amines) is 2. The van der Waals surface area contributed by atoms with Gasteiger partial charge < -0.3 is 20.2 Å². The Morgan fingerprint density at radius 3 is 2.73 bits per heavy atom. The molecule has 4 heterocycles. The summed E-state index contributed by atoms with van der Waals surface area (Å²) in [6.45, 7) is 17.6. The van der Waals surface area contributed by atoms with Crippen LogP contribution in [0.3, 0.4) is 0 Å². The fourth-order valence-electron chi connectivity index (χ4n) is 5.45. The van der Waals surface area contributed by atoms with Crippen molar-refractivity contribution in [2.24, 2.45) is 10.9 Å². The van der Waals surface area contributed by atoms with E-state index in [-0.39, 0.29) is 23.3 Å². The van der Waals surface area contributed by atoms with Crippen molar-refractivity contribution in [2.75, 3.05) is 31.5 Å². The van der Waals surface area contributed by atoms with E-state index in [0.717, 1.165) is 44.2 Å². The van der Waals surface area contributed by atoms with Crippen LogP contribution in [0.25, 0.3) is 5.57 Å². The maximum atomic E-state index is 15.6. The lowest BCUT2D eigenvalue weighted by molar-refractivity contribution is -0.105. The van der Waals surface area contributed by atoms with Crippen LogP contribution in [0.4, 0.5) is 20.3 Å². The predicted octanol–water partition coefficient (Wildman–Crippen LogP) is 5.66. The summed E-state index contributed by atoms with van der Waals surface area (Å²) in [5, 5.41) is 12.5. The number of anilines is 1. The van der Waals surface area contributed by atoms with Crippen LogP contribution in [0.1, 0.15) is 55.6 Å². The Labute approximate surface area is 233 Å². The molecule has 8 nitrogen and oxygen atoms in total. The van der Waals surface area contributed by atoms with Gasteiger partial charge >= 0.3 is 0 Å². The first-order valence-corrected chi connectivity index (χ1v) is 13.4. The van der Waals surface area contributed by atoms with Gasteiger partial charge in [-0.05, 0) is 43.9 Å². The highest BCUT2D eigenvalue weighted by Crippen LogP contribution is 2.38. The number of aliphatic imine (C=N–C) groups is 1. The molecule has 1 amide bonds. The molecule has 0 aromatic carbocycles. The van der Waals surface area contributed by atoms with Crippen molar-refractivity contribution in [3.8, 4) is 0 Å². The zero-order chi connectivity index (χ0) is 29.1. The lowest BCUT2D eigenvalue weighted by atomic mass is 9.90. The third-order valence-corrected chi connectivity index (χ3v) is 7.44. The van der Waals surface area contributed by atoms with Crippen LogP contribution < -0.4 is 5.32 Å². The van der Waals surface area contributed by atoms with Gasteiger partial charge in [-0.15, -0.1) is 6.58 Å². The molecule has 2 unspecified atom stereocenters. The monoisotopic (exact) mass is 550 g/mol. The number of nitrogens with one attached hydrogen (secondary N) is 1. The number of halogens is 2. The van der Waals surface area contributed by atoms with Crippen LogP contribution >= 0.6 is 0 Å². The Kier molecular flexibility index (Phi) is 8.78. The minimum absolute atomic E-state index is 0.0113. The molecule has 2 atom stereocenters. The number of aliphatic hydroxyl groups excluding tert-OH is 1. The molecule has 2 aromatic heterocycles. The van der Waals surface area contributed by atoms with Crippen molar-refractivity contribution < 1.29 is 18.7 Å². The van der Waals surface area contributed by atoms with Gasteiger partial charge in [0, 0.05) is 44.3 Å². The second kappa shape index (κ2) is 12.1. The summed E-state index contributed by atoms with van der Waals surface area (Å²) in [6, 6.07) is 3.18. The maximum Gasteiger partial charge on any atom is 0.212 e. The molecular weight excluding hydrogens is 514 g/mol. The summed E-state index contributed by atoms with van der Waals surface area (Å²) in [7, 11) is 0. The van der Waals surface area contributed by atoms with Gasteiger partial charge in [0.1, 0.15) is 28.9 Å². The lowest BCUT2D eigenvalue weighted by Gasteiger charge is -2.46. The van der Waals surface area contributed by atoms with E-state index in [2.05, 4.69) is 38.2 Å². The summed E-state index contributed by atoms with van der Waals surface area (Å²) < 4.78 is 29.9. The molecule has 212 valence electrons. The topological polar surface area (TPSA) is 93.9 Å². The highest BCUT2D eigenvalue weighted by Gasteiger charge is 2.47. The number of fused-ring (bicyclic) bond motifs is 1. The van der Waals surface area contributed by atoms with Crippen molar-refractivity contribution in [3.63, 3.8) is 0 Å². The van der Waals surface area contributed by atoms with E-state index in [1.54, 1.807) is 6.20 Å². The van der Waals surface area contributed by atoms with E-state index in [9.17, 15) is 14.3 Å². The van der Waals surface area contributed by atoms with Gasteiger partial charge in [-0.3, -0.25) is 9.78 Å². The van der Waals surface area contributed by atoms with Gasteiger partial charge in [0.15, 0.2) is 5.82 Å². The molecule has 40 heavy (non-hydrogen) atoms. The predicted molar refractivity (Wildman–Crippen MR) is 154 cm³/mol. The second-order valence-corrected chi connectivity index (χ2v) is 10.6. The smallest absolute Gasteiger partial charge is 0.212 e. The number of allylic oxidation sites excluding steroid dienone is 2. The van der Waals surface area contributed by atoms with Crippen LogP contribution in [-0.2, 0) is 4.79 Å². The first-order chi connectivity index (χ1) is 19.1. The van der Waals surface area contributed by atoms with Gasteiger partial charge in [0.25, 0.3) is 0 Å². The van der Waals surface area contributed by atoms with Crippen LogP contribution in [0, 0.1) is 18.7 Å². The van der Waals surface area contributed by atoms with Gasteiger partial charge in [-0.2, -0.15) is 0 Å². The molecule has 2 fully saturated rings. The Bertz CT molecular complexity index is 1380. The number of pyridine rings is 2. The van der Waals surface area contributed by atoms with Gasteiger partial charge in [-0.25, -0.2) is 18.8 Å². The van der Waals surface area contributed by atoms with E-state index < -0.39 is 28.7 Å². The molecule has 2 saturated heterocycles. The van der Waals surface area contributed by atoms with E-state index in [0.29, 0.717) is 30.4 Å². The number of carbonyl (C=O) groups excluding carboxylic acids is 1. The van der Waals surface area contributed by atoms with Gasteiger partial charge in [0.2, 0.25) is 6.41 Å². The molecule has 0 bridgehead atoms. The number of hydrogen-bond acceptors (Lipinski definition) is 6. The Hall–Kier alpha value is -3.92. The average molecular weight is 551 g/mol. The quantitative estimate of drug-likeness (QED) is 0.0991. The van der Waals surface area contributed by atoms with Crippen molar-refractivity contribution in [2.45, 2.75) is 46.1 Å². The molecule has 0 saturated carbocycles. The second-order valence-electron chi connectivity index (χ2n) is 10.6. The molecule has 10 heteroatoms. The Morgan fingerprint density at radius 2 is 2.10 bits per heavy atom. The van der Waals surface area contributed by atoms with Crippen LogP contribution in [0.15, 0.2) is 54.1 Å². The maximum absolute atomic E-state index is 15.6. The van der Waals surface area contributed by atoms with E-state index in [1.807, 2.05) is 32.9 Å². The van der Waals surface area contributed by atoms with Crippen molar-refractivity contribution >= 4 is 29.3 Å². The number of rotatable bonds is 10. The number of aryl methyl sites for hydroxylation is 1. The number of nitrogens with zero attached hydrogens (tertiary/aromatic N) is 5. The molecule has 0 spiro atoms. The molecule has 2 N–H and O–H groups in total. The third kappa shape index (κ3) is 5.67. The van der Waals surface area contributed by atoms with Crippen molar-refractivity contribution in [1.29, 1.82) is 0 Å². The van der Waals surface area contributed by atoms with Gasteiger partial charge in [0.05, 0.1) is 22.5 Å². The number of hydrogen-bond donors (Lipinski definition) is 2. The average Bonchev–Trinajstić information content (AvgIpc) is 3.20. The zero-order valence-corrected chi connectivity index (χ0v) is 23.4. The molecule has 2 aromatic rings. The minimum Gasteiger partial charge on any atom is -0.508 e. The summed E-state index contributed by atoms with van der Waals surface area (Å²) in [5.74, 6) is -1.50. The van der Waals surface area contributed by atoms with Crippen molar-refractivity contribution in [3.05, 3.63) is 77.5 Å². The van der Waals surface area contributed by atoms with E-state index in [1.165, 1.54) is 6.07 Å². The highest BCUT2D eigenvalue weighted by atomic mass is 19.1. The van der Waals surface area contributed by atoms with Crippen LogP contribution in [-0.4, -0.2) is 69.3 Å². The molecular formula is C30H36F2N6O2. The van der Waals surface area contributed by atoms with Crippen LogP contribution in [0.5, 0.6) is 0 Å². The van der Waals surface area contributed by atoms with Crippen LogP contribution in [0.2, 0.25) is 0 Å². The Balaban J connectivity index is 1.90. The van der Waals surface area contributed by atoms with Crippen molar-refractivity contribution in [1.82, 2.24) is 19.8 Å². The standard InChI is InChI=1S/C30H36F2N6O2/c1-7-8-11-37-13-21-14-38(24(21)15-37)30(36-27-18(4)9-10-33-26(27)17(2)3)22-12-23(32)28(35-29(22)34-16-39)25(19(5)31)20(6)40/h7,9-10,12,16-17,21,24,40H,1,6,8,11,13-15H2,2-5H3,(H,34,35,39)/b25-19-,36-30+. The van der Waals surface area contributed by atoms with E-state index >= 15 is 4.39 Å². The largest absolute Gasteiger partial charge is 0.508 e. The zero-order valence-electron chi connectivity index (χ0n) is 23.4. The summed E-state index contributed by atoms with van der Waals surface area (Å²) in [4.78, 5) is 30.0.